The Hall–Kier alpha value is -0.0800. The third kappa shape index (κ3) is 2.36. The van der Waals surface area contributed by atoms with Crippen LogP contribution in [-0.2, 0) is 0 Å². The van der Waals surface area contributed by atoms with Crippen LogP contribution in [0.1, 0.15) is 52.4 Å². The molecule has 1 heterocycles. The molecule has 2 aliphatic rings. The van der Waals surface area contributed by atoms with Gasteiger partial charge in [-0.05, 0) is 52.1 Å². The maximum Gasteiger partial charge on any atom is 0.0721 e. The quantitative estimate of drug-likeness (QED) is 0.772. The molecule has 1 atom stereocenters. The molecule has 0 aromatic heterocycles. The number of hydrogen-bond acceptors (Lipinski definition) is 2. The predicted molar refractivity (Wildman–Crippen MR) is 62.9 cm³/mol. The average molecular weight is 211 g/mol. The van der Waals surface area contributed by atoms with Gasteiger partial charge in [-0.1, -0.05) is 19.3 Å². The first-order chi connectivity index (χ1) is 7.10. The van der Waals surface area contributed by atoms with Crippen molar-refractivity contribution in [2.24, 2.45) is 5.92 Å². The molecule has 1 saturated carbocycles. The molecule has 88 valence electrons. The lowest BCUT2D eigenvalue weighted by atomic mass is 9.77. The van der Waals surface area contributed by atoms with Crippen molar-refractivity contribution in [3.8, 4) is 0 Å². The highest BCUT2D eigenvalue weighted by Gasteiger charge is 2.37. The second kappa shape index (κ2) is 4.42. The van der Waals surface area contributed by atoms with Crippen LogP contribution < -0.4 is 0 Å². The molecule has 1 N–H and O–H groups in total. The number of rotatable bonds is 4. The van der Waals surface area contributed by atoms with Crippen molar-refractivity contribution in [2.75, 3.05) is 13.1 Å². The lowest BCUT2D eigenvalue weighted by Gasteiger charge is -2.42. The molecule has 0 bridgehead atoms. The van der Waals surface area contributed by atoms with Gasteiger partial charge in [0.2, 0.25) is 0 Å². The lowest BCUT2D eigenvalue weighted by Crippen LogP contribution is -2.51. The monoisotopic (exact) mass is 211 g/mol. The normalized spacial score (nSPS) is 26.6. The molecule has 1 aliphatic heterocycles. The summed E-state index contributed by atoms with van der Waals surface area (Å²) in [5, 5.41) is 10.3. The van der Waals surface area contributed by atoms with Gasteiger partial charge in [0.15, 0.2) is 0 Å². The first kappa shape index (κ1) is 11.4. The molecule has 1 aliphatic carbocycles. The minimum absolute atomic E-state index is 0.00785. The Morgan fingerprint density at radius 1 is 1.20 bits per heavy atom. The maximum atomic E-state index is 10.3. The number of aliphatic hydroxyl groups excluding tert-OH is 1. The molecule has 2 heteroatoms. The van der Waals surface area contributed by atoms with Crippen LogP contribution in [0.5, 0.6) is 0 Å². The first-order valence-corrected chi connectivity index (χ1v) is 6.54. The molecule has 15 heavy (non-hydrogen) atoms. The predicted octanol–water partition coefficient (Wildman–Crippen LogP) is 2.41. The SMILES string of the molecule is CC(C)(C(O)CC1CCC1)N1CCCC1. The van der Waals surface area contributed by atoms with E-state index in [0.29, 0.717) is 0 Å². The Balaban J connectivity index is 1.87. The molecule has 1 saturated heterocycles. The van der Waals surface area contributed by atoms with E-state index in [4.69, 9.17) is 0 Å². The van der Waals surface area contributed by atoms with Crippen molar-refractivity contribution >= 4 is 0 Å². The van der Waals surface area contributed by atoms with Gasteiger partial charge in [0.05, 0.1) is 6.10 Å². The second-order valence-electron chi connectivity index (χ2n) is 5.90. The van der Waals surface area contributed by atoms with E-state index >= 15 is 0 Å². The Morgan fingerprint density at radius 2 is 1.80 bits per heavy atom. The highest BCUT2D eigenvalue weighted by Crippen LogP contribution is 2.35. The van der Waals surface area contributed by atoms with E-state index in [0.717, 1.165) is 12.3 Å². The summed E-state index contributed by atoms with van der Waals surface area (Å²) in [5.41, 5.74) is -0.00785. The molecule has 0 aromatic rings. The molecule has 1 unspecified atom stereocenters. The van der Waals surface area contributed by atoms with Crippen LogP contribution in [0.3, 0.4) is 0 Å². The Morgan fingerprint density at radius 3 is 2.27 bits per heavy atom. The fourth-order valence-corrected chi connectivity index (χ4v) is 2.84. The topological polar surface area (TPSA) is 23.5 Å². The smallest absolute Gasteiger partial charge is 0.0721 e. The minimum atomic E-state index is -0.138. The van der Waals surface area contributed by atoms with E-state index in [1.807, 2.05) is 0 Å². The Kier molecular flexibility index (Phi) is 3.36. The fourth-order valence-electron chi connectivity index (χ4n) is 2.84. The standard InChI is InChI=1S/C13H25NO/c1-13(2,14-8-3-4-9-14)12(15)10-11-6-5-7-11/h11-12,15H,3-10H2,1-2H3. The van der Waals surface area contributed by atoms with Gasteiger partial charge in [0.1, 0.15) is 0 Å². The zero-order valence-corrected chi connectivity index (χ0v) is 10.2. The van der Waals surface area contributed by atoms with Gasteiger partial charge in [0, 0.05) is 5.54 Å². The van der Waals surface area contributed by atoms with Crippen LogP contribution in [0.15, 0.2) is 0 Å². The number of nitrogens with zero attached hydrogens (tertiary/aromatic N) is 1. The summed E-state index contributed by atoms with van der Waals surface area (Å²) < 4.78 is 0. The summed E-state index contributed by atoms with van der Waals surface area (Å²) in [7, 11) is 0. The number of likely N-dealkylation sites (tertiary alicyclic amines) is 1. The van der Waals surface area contributed by atoms with Crippen LogP contribution in [0, 0.1) is 5.92 Å². The van der Waals surface area contributed by atoms with Crippen LogP contribution in [0.2, 0.25) is 0 Å². The zero-order chi connectivity index (χ0) is 10.9. The van der Waals surface area contributed by atoms with Crippen molar-refractivity contribution in [3.63, 3.8) is 0 Å². The molecule has 0 radical (unpaired) electrons. The summed E-state index contributed by atoms with van der Waals surface area (Å²) in [6.45, 7) is 6.77. The second-order valence-corrected chi connectivity index (χ2v) is 5.90. The van der Waals surface area contributed by atoms with Gasteiger partial charge in [-0.2, -0.15) is 0 Å². The van der Waals surface area contributed by atoms with Gasteiger partial charge in [-0.25, -0.2) is 0 Å². The van der Waals surface area contributed by atoms with Crippen molar-refractivity contribution in [1.29, 1.82) is 0 Å². The summed E-state index contributed by atoms with van der Waals surface area (Å²) in [4.78, 5) is 2.47. The molecule has 2 nitrogen and oxygen atoms in total. The highest BCUT2D eigenvalue weighted by atomic mass is 16.3. The lowest BCUT2D eigenvalue weighted by molar-refractivity contribution is -0.0178. The number of hydrogen-bond donors (Lipinski definition) is 1. The molecule has 0 aromatic carbocycles. The van der Waals surface area contributed by atoms with Crippen LogP contribution in [0.4, 0.5) is 0 Å². The molecule has 0 amide bonds. The largest absolute Gasteiger partial charge is 0.391 e. The van der Waals surface area contributed by atoms with Gasteiger partial charge in [-0.3, -0.25) is 4.90 Å². The van der Waals surface area contributed by atoms with Crippen LogP contribution in [-0.4, -0.2) is 34.7 Å². The molecule has 0 spiro atoms. The van der Waals surface area contributed by atoms with Crippen LogP contribution >= 0.6 is 0 Å². The van der Waals surface area contributed by atoms with Crippen molar-refractivity contribution in [3.05, 3.63) is 0 Å². The summed E-state index contributed by atoms with van der Waals surface area (Å²) in [6.07, 6.45) is 7.55. The Bertz CT molecular complexity index is 205. The van der Waals surface area contributed by atoms with Crippen molar-refractivity contribution in [1.82, 2.24) is 4.90 Å². The molecular formula is C13H25NO. The third-order valence-corrected chi connectivity index (χ3v) is 4.52. The third-order valence-electron chi connectivity index (χ3n) is 4.52. The van der Waals surface area contributed by atoms with E-state index in [-0.39, 0.29) is 11.6 Å². The van der Waals surface area contributed by atoms with E-state index in [2.05, 4.69) is 18.7 Å². The minimum Gasteiger partial charge on any atom is -0.391 e. The summed E-state index contributed by atoms with van der Waals surface area (Å²) >= 11 is 0. The maximum absolute atomic E-state index is 10.3. The van der Waals surface area contributed by atoms with E-state index in [1.54, 1.807) is 0 Å². The summed E-state index contributed by atoms with van der Waals surface area (Å²) in [5.74, 6) is 0.807. The van der Waals surface area contributed by atoms with Crippen molar-refractivity contribution in [2.45, 2.75) is 64.0 Å². The molecule has 2 rings (SSSR count). The van der Waals surface area contributed by atoms with Gasteiger partial charge in [-0.15, -0.1) is 0 Å². The van der Waals surface area contributed by atoms with Crippen LogP contribution in [0.25, 0.3) is 0 Å². The first-order valence-electron chi connectivity index (χ1n) is 6.54. The van der Waals surface area contributed by atoms with Gasteiger partial charge in [0.25, 0.3) is 0 Å². The van der Waals surface area contributed by atoms with E-state index in [1.165, 1.54) is 45.2 Å². The Labute approximate surface area is 93.7 Å². The summed E-state index contributed by atoms with van der Waals surface area (Å²) in [6, 6.07) is 0. The molecular weight excluding hydrogens is 186 g/mol. The average Bonchev–Trinajstić information content (AvgIpc) is 2.63. The van der Waals surface area contributed by atoms with Gasteiger partial charge >= 0.3 is 0 Å². The molecule has 2 fully saturated rings. The van der Waals surface area contributed by atoms with Crippen molar-refractivity contribution < 1.29 is 5.11 Å². The highest BCUT2D eigenvalue weighted by molar-refractivity contribution is 4.92. The zero-order valence-electron chi connectivity index (χ0n) is 10.2. The van der Waals surface area contributed by atoms with E-state index < -0.39 is 0 Å². The number of aliphatic hydroxyl groups is 1. The van der Waals surface area contributed by atoms with Gasteiger partial charge < -0.3 is 5.11 Å². The fraction of sp³-hybridized carbons (Fsp3) is 1.00. The van der Waals surface area contributed by atoms with E-state index in [9.17, 15) is 5.11 Å².